The van der Waals surface area contributed by atoms with Crippen molar-refractivity contribution in [2.45, 2.75) is 46.8 Å². The van der Waals surface area contributed by atoms with Gasteiger partial charge in [0.15, 0.2) is 0 Å². The Morgan fingerprint density at radius 3 is 2.64 bits per heavy atom. The minimum absolute atomic E-state index is 0.487. The van der Waals surface area contributed by atoms with E-state index in [0.29, 0.717) is 5.69 Å². The predicted molar refractivity (Wildman–Crippen MR) is 85.7 cm³/mol. The first-order valence-corrected chi connectivity index (χ1v) is 7.28. The number of hydrogen-bond acceptors (Lipinski definition) is 4. The molecule has 0 fully saturated rings. The second-order valence-electron chi connectivity index (χ2n) is 6.07. The van der Waals surface area contributed by atoms with E-state index in [1.807, 2.05) is 51.6 Å². The predicted octanol–water partition coefficient (Wildman–Crippen LogP) is 3.62. The summed E-state index contributed by atoms with van der Waals surface area (Å²) in [7, 11) is 0. The highest BCUT2D eigenvalue weighted by molar-refractivity contribution is 5.86. The topological polar surface area (TPSA) is 69.0 Å². The van der Waals surface area contributed by atoms with Crippen molar-refractivity contribution in [1.29, 1.82) is 0 Å². The summed E-state index contributed by atoms with van der Waals surface area (Å²) in [6.45, 7) is 10.2. The Hall–Kier alpha value is -2.37. The maximum absolute atomic E-state index is 11.9. The van der Waals surface area contributed by atoms with E-state index in [1.165, 1.54) is 0 Å². The zero-order chi connectivity index (χ0) is 16.3. The van der Waals surface area contributed by atoms with Crippen LogP contribution in [0.2, 0.25) is 0 Å². The summed E-state index contributed by atoms with van der Waals surface area (Å²) >= 11 is 0. The summed E-state index contributed by atoms with van der Waals surface area (Å²) in [5.74, 6) is 0. The van der Waals surface area contributed by atoms with Crippen LogP contribution in [0.15, 0.2) is 24.7 Å². The number of hydrogen-bond donors (Lipinski definition) is 1. The van der Waals surface area contributed by atoms with Crippen molar-refractivity contribution in [3.63, 3.8) is 0 Å². The van der Waals surface area contributed by atoms with Crippen molar-refractivity contribution in [2.24, 2.45) is 0 Å². The molecular formula is C16H22N4O2. The van der Waals surface area contributed by atoms with Crippen LogP contribution >= 0.6 is 0 Å². The van der Waals surface area contributed by atoms with Crippen molar-refractivity contribution < 1.29 is 9.53 Å². The summed E-state index contributed by atoms with van der Waals surface area (Å²) in [4.78, 5) is 16.2. The number of carbonyl (C=O) groups excluding carboxylic acids is 1. The molecule has 6 heteroatoms. The fourth-order valence-corrected chi connectivity index (χ4v) is 1.92. The van der Waals surface area contributed by atoms with Crippen LogP contribution in [0.25, 0.3) is 11.1 Å². The van der Waals surface area contributed by atoms with Crippen molar-refractivity contribution in [3.8, 4) is 11.1 Å². The van der Waals surface area contributed by atoms with E-state index < -0.39 is 11.7 Å². The van der Waals surface area contributed by atoms with Gasteiger partial charge in [-0.25, -0.2) is 4.79 Å². The van der Waals surface area contributed by atoms with Crippen LogP contribution in [-0.4, -0.2) is 26.5 Å². The second kappa shape index (κ2) is 6.17. The van der Waals surface area contributed by atoms with Crippen LogP contribution in [0.3, 0.4) is 0 Å². The maximum Gasteiger partial charge on any atom is 0.412 e. The molecule has 0 radical (unpaired) electrons. The van der Waals surface area contributed by atoms with E-state index in [1.54, 1.807) is 12.4 Å². The molecule has 2 aromatic heterocycles. The molecule has 0 aliphatic carbocycles. The van der Waals surface area contributed by atoms with Gasteiger partial charge in [-0.15, -0.1) is 0 Å². The third-order valence-electron chi connectivity index (χ3n) is 3.01. The van der Waals surface area contributed by atoms with Gasteiger partial charge in [0.1, 0.15) is 5.60 Å². The molecule has 22 heavy (non-hydrogen) atoms. The molecule has 0 aliphatic heterocycles. The van der Waals surface area contributed by atoms with Crippen molar-refractivity contribution in [2.75, 3.05) is 5.32 Å². The molecule has 1 amide bonds. The average molecular weight is 302 g/mol. The first-order valence-electron chi connectivity index (χ1n) is 7.28. The Morgan fingerprint density at radius 1 is 1.32 bits per heavy atom. The maximum atomic E-state index is 11.9. The summed E-state index contributed by atoms with van der Waals surface area (Å²) in [6, 6.07) is 1.88. The fraction of sp³-hybridized carbons (Fsp3) is 0.438. The largest absolute Gasteiger partial charge is 0.444 e. The average Bonchev–Trinajstić information content (AvgIpc) is 2.88. The number of aromatic nitrogens is 3. The molecule has 2 rings (SSSR count). The molecule has 0 bridgehead atoms. The molecule has 0 atom stereocenters. The van der Waals surface area contributed by atoms with Gasteiger partial charge in [-0.2, -0.15) is 5.10 Å². The molecule has 6 nitrogen and oxygen atoms in total. The van der Waals surface area contributed by atoms with E-state index >= 15 is 0 Å². The molecule has 118 valence electrons. The number of anilines is 1. The smallest absolute Gasteiger partial charge is 0.412 e. The van der Waals surface area contributed by atoms with Crippen LogP contribution in [0.1, 0.15) is 33.4 Å². The molecule has 0 spiro atoms. The highest BCUT2D eigenvalue weighted by Gasteiger charge is 2.17. The van der Waals surface area contributed by atoms with Gasteiger partial charge < -0.3 is 4.74 Å². The number of nitrogens with zero attached hydrogens (tertiary/aromatic N) is 3. The van der Waals surface area contributed by atoms with Gasteiger partial charge in [-0.05, 0) is 40.7 Å². The Kier molecular flexibility index (Phi) is 4.49. The molecule has 0 aromatic carbocycles. The lowest BCUT2D eigenvalue weighted by atomic mass is 10.1. The van der Waals surface area contributed by atoms with Crippen LogP contribution in [0.4, 0.5) is 10.5 Å². The van der Waals surface area contributed by atoms with Crippen LogP contribution in [-0.2, 0) is 11.3 Å². The SMILES string of the molecule is CCn1cc(-c2cnc(C)c(NC(=O)OC(C)(C)C)c2)cn1. The molecule has 0 saturated heterocycles. The minimum Gasteiger partial charge on any atom is -0.444 e. The van der Waals surface area contributed by atoms with Crippen molar-refractivity contribution >= 4 is 11.8 Å². The highest BCUT2D eigenvalue weighted by atomic mass is 16.6. The Labute approximate surface area is 130 Å². The number of aryl methyl sites for hydroxylation is 2. The zero-order valence-corrected chi connectivity index (χ0v) is 13.7. The Bertz CT molecular complexity index is 671. The lowest BCUT2D eigenvalue weighted by molar-refractivity contribution is 0.0635. The van der Waals surface area contributed by atoms with E-state index in [0.717, 1.165) is 23.4 Å². The Balaban J connectivity index is 2.21. The van der Waals surface area contributed by atoms with E-state index in [4.69, 9.17) is 4.74 Å². The van der Waals surface area contributed by atoms with Gasteiger partial charge in [0, 0.05) is 30.1 Å². The monoisotopic (exact) mass is 302 g/mol. The van der Waals surface area contributed by atoms with Gasteiger partial charge in [-0.3, -0.25) is 15.0 Å². The molecular weight excluding hydrogens is 280 g/mol. The summed E-state index contributed by atoms with van der Waals surface area (Å²) < 4.78 is 7.11. The van der Waals surface area contributed by atoms with Gasteiger partial charge in [-0.1, -0.05) is 0 Å². The lowest BCUT2D eigenvalue weighted by Crippen LogP contribution is -2.27. The number of carbonyl (C=O) groups is 1. The number of amides is 1. The van der Waals surface area contributed by atoms with E-state index in [-0.39, 0.29) is 0 Å². The Morgan fingerprint density at radius 2 is 2.05 bits per heavy atom. The van der Waals surface area contributed by atoms with Gasteiger partial charge in [0.25, 0.3) is 0 Å². The van der Waals surface area contributed by atoms with Gasteiger partial charge in [0.05, 0.1) is 17.6 Å². The van der Waals surface area contributed by atoms with Gasteiger partial charge >= 0.3 is 6.09 Å². The highest BCUT2D eigenvalue weighted by Crippen LogP contribution is 2.24. The first kappa shape index (κ1) is 16.0. The summed E-state index contributed by atoms with van der Waals surface area (Å²) in [6.07, 6.45) is 5.02. The zero-order valence-electron chi connectivity index (χ0n) is 13.7. The molecule has 2 aromatic rings. The molecule has 0 saturated carbocycles. The molecule has 0 unspecified atom stereocenters. The minimum atomic E-state index is -0.536. The van der Waals surface area contributed by atoms with Crippen molar-refractivity contribution in [3.05, 3.63) is 30.4 Å². The number of nitrogens with one attached hydrogen (secondary N) is 1. The lowest BCUT2D eigenvalue weighted by Gasteiger charge is -2.20. The summed E-state index contributed by atoms with van der Waals surface area (Å²) in [5, 5.41) is 7.00. The van der Waals surface area contributed by atoms with E-state index in [9.17, 15) is 4.79 Å². The number of rotatable bonds is 3. The second-order valence-corrected chi connectivity index (χ2v) is 6.07. The van der Waals surface area contributed by atoms with Crippen molar-refractivity contribution in [1.82, 2.24) is 14.8 Å². The van der Waals surface area contributed by atoms with Crippen LogP contribution in [0, 0.1) is 6.92 Å². The molecule has 0 aliphatic rings. The fourth-order valence-electron chi connectivity index (χ4n) is 1.92. The summed E-state index contributed by atoms with van der Waals surface area (Å²) in [5.41, 5.74) is 2.69. The number of ether oxygens (including phenoxy) is 1. The third-order valence-corrected chi connectivity index (χ3v) is 3.01. The quantitative estimate of drug-likeness (QED) is 0.940. The third kappa shape index (κ3) is 4.07. The number of pyridine rings is 1. The van der Waals surface area contributed by atoms with Gasteiger partial charge in [0.2, 0.25) is 0 Å². The molecule has 1 N–H and O–H groups in total. The normalized spacial score (nSPS) is 11.3. The van der Waals surface area contributed by atoms with Crippen LogP contribution in [0.5, 0.6) is 0 Å². The van der Waals surface area contributed by atoms with E-state index in [2.05, 4.69) is 15.4 Å². The first-order chi connectivity index (χ1) is 10.3. The molecule has 2 heterocycles. The standard InChI is InChI=1S/C16H22N4O2/c1-6-20-10-13(9-18-20)12-7-14(11(2)17-8-12)19-15(21)22-16(3,4)5/h7-10H,6H2,1-5H3,(H,19,21). The van der Waals surface area contributed by atoms with Crippen LogP contribution < -0.4 is 5.32 Å².